The summed E-state index contributed by atoms with van der Waals surface area (Å²) in [6.45, 7) is 8.35. The smallest absolute Gasteiger partial charge is 0.398 e. The first-order valence-corrected chi connectivity index (χ1v) is 7.73. The van der Waals surface area contributed by atoms with Crippen LogP contribution in [-0.2, 0) is 9.31 Å². The van der Waals surface area contributed by atoms with Crippen LogP contribution in [0.5, 0.6) is 0 Å². The third kappa shape index (κ3) is 3.83. The zero-order chi connectivity index (χ0) is 18.3. The SMILES string of the molecule is CC(c1ccc(C=C(F)B2OC(C)(C)C(C)(C)O2)cc1)C(F)(F)F. The van der Waals surface area contributed by atoms with Gasteiger partial charge in [0.2, 0.25) is 0 Å². The molecule has 0 bridgehead atoms. The third-order valence-corrected chi connectivity index (χ3v) is 4.71. The Balaban J connectivity index is 2.15. The van der Waals surface area contributed by atoms with Gasteiger partial charge in [0.15, 0.2) is 0 Å². The van der Waals surface area contributed by atoms with E-state index in [1.165, 1.54) is 30.3 Å². The van der Waals surface area contributed by atoms with E-state index < -0.39 is 36.1 Å². The second kappa shape index (κ2) is 6.19. The second-order valence-corrected chi connectivity index (χ2v) is 7.05. The van der Waals surface area contributed by atoms with E-state index in [1.54, 1.807) is 0 Å². The minimum Gasteiger partial charge on any atom is -0.398 e. The normalized spacial score (nSPS) is 21.9. The van der Waals surface area contributed by atoms with E-state index in [1.807, 2.05) is 27.7 Å². The standard InChI is InChI=1S/C17H21BF4O2/c1-11(17(20,21)22)13-8-6-12(7-9-13)10-14(19)18-23-15(2,3)16(4,5)24-18/h6-11H,1-5H3. The summed E-state index contributed by atoms with van der Waals surface area (Å²) in [6.07, 6.45) is -3.09. The van der Waals surface area contributed by atoms with E-state index in [0.29, 0.717) is 5.56 Å². The van der Waals surface area contributed by atoms with Gasteiger partial charge in [0.1, 0.15) is 5.73 Å². The van der Waals surface area contributed by atoms with E-state index >= 15 is 0 Å². The predicted octanol–water partition coefficient (Wildman–Crippen LogP) is 5.29. The summed E-state index contributed by atoms with van der Waals surface area (Å²) in [4.78, 5) is 0. The Labute approximate surface area is 140 Å². The van der Waals surface area contributed by atoms with E-state index in [4.69, 9.17) is 9.31 Å². The lowest BCUT2D eigenvalue weighted by Crippen LogP contribution is -2.41. The molecule has 0 saturated carbocycles. The summed E-state index contributed by atoms with van der Waals surface area (Å²) in [5, 5.41) is 0. The van der Waals surface area contributed by atoms with Crippen molar-refractivity contribution in [2.45, 2.75) is 57.9 Å². The van der Waals surface area contributed by atoms with Gasteiger partial charge < -0.3 is 9.31 Å². The molecule has 0 amide bonds. The number of alkyl halides is 3. The average Bonchev–Trinajstić information content (AvgIpc) is 2.66. The number of hydrogen-bond donors (Lipinski definition) is 0. The molecule has 0 radical (unpaired) electrons. The lowest BCUT2D eigenvalue weighted by Gasteiger charge is -2.32. The van der Waals surface area contributed by atoms with Gasteiger partial charge in [0.05, 0.1) is 17.1 Å². The molecule has 0 N–H and O–H groups in total. The van der Waals surface area contributed by atoms with Gasteiger partial charge in [-0.25, -0.2) is 4.39 Å². The molecule has 1 aromatic carbocycles. The molecule has 2 rings (SSSR count). The summed E-state index contributed by atoms with van der Waals surface area (Å²) in [7, 11) is -1.12. The molecule has 7 heteroatoms. The molecule has 0 spiro atoms. The summed E-state index contributed by atoms with van der Waals surface area (Å²) in [6, 6.07) is 5.59. The van der Waals surface area contributed by atoms with Gasteiger partial charge in [-0.3, -0.25) is 0 Å². The van der Waals surface area contributed by atoms with Crippen LogP contribution in [0.25, 0.3) is 6.08 Å². The van der Waals surface area contributed by atoms with Crippen molar-refractivity contribution in [1.29, 1.82) is 0 Å². The molecule has 1 aliphatic rings. The van der Waals surface area contributed by atoms with Crippen LogP contribution in [0.3, 0.4) is 0 Å². The molecule has 1 heterocycles. The van der Waals surface area contributed by atoms with Gasteiger partial charge in [-0.2, -0.15) is 13.2 Å². The van der Waals surface area contributed by atoms with E-state index in [0.717, 1.165) is 6.92 Å². The van der Waals surface area contributed by atoms with Crippen LogP contribution in [0.2, 0.25) is 0 Å². The van der Waals surface area contributed by atoms with Gasteiger partial charge in [-0.05, 0) is 51.8 Å². The van der Waals surface area contributed by atoms with Crippen LogP contribution in [0.4, 0.5) is 17.6 Å². The average molecular weight is 344 g/mol. The van der Waals surface area contributed by atoms with Crippen molar-refractivity contribution in [3.8, 4) is 0 Å². The number of rotatable bonds is 3. The summed E-state index contributed by atoms with van der Waals surface area (Å²) < 4.78 is 63.6. The van der Waals surface area contributed by atoms with Gasteiger partial charge in [-0.15, -0.1) is 0 Å². The quantitative estimate of drug-likeness (QED) is 0.548. The van der Waals surface area contributed by atoms with E-state index in [9.17, 15) is 17.6 Å². The molecule has 1 aromatic rings. The first kappa shape index (κ1) is 19.0. The second-order valence-electron chi connectivity index (χ2n) is 7.05. The first-order chi connectivity index (χ1) is 10.8. The molecule has 2 nitrogen and oxygen atoms in total. The number of hydrogen-bond acceptors (Lipinski definition) is 2. The van der Waals surface area contributed by atoms with Crippen molar-refractivity contribution in [1.82, 2.24) is 0 Å². The van der Waals surface area contributed by atoms with Crippen molar-refractivity contribution < 1.29 is 26.9 Å². The Hall–Kier alpha value is -1.34. The predicted molar refractivity (Wildman–Crippen MR) is 86.1 cm³/mol. The van der Waals surface area contributed by atoms with Crippen LogP contribution in [-0.4, -0.2) is 24.5 Å². The van der Waals surface area contributed by atoms with E-state index in [-0.39, 0.29) is 5.56 Å². The Morgan fingerprint density at radius 1 is 1.04 bits per heavy atom. The maximum absolute atomic E-state index is 14.4. The summed E-state index contributed by atoms with van der Waals surface area (Å²) in [5.74, 6) is -1.57. The van der Waals surface area contributed by atoms with Crippen molar-refractivity contribution in [2.75, 3.05) is 0 Å². The monoisotopic (exact) mass is 344 g/mol. The molecule has 0 aliphatic carbocycles. The molecular formula is C17H21BF4O2. The largest absolute Gasteiger partial charge is 0.525 e. The van der Waals surface area contributed by atoms with Crippen LogP contribution in [0, 0.1) is 0 Å². The highest BCUT2D eigenvalue weighted by Gasteiger charge is 2.53. The molecule has 0 aromatic heterocycles. The Kier molecular flexibility index (Phi) is 4.90. The van der Waals surface area contributed by atoms with Crippen LogP contribution < -0.4 is 0 Å². The fraction of sp³-hybridized carbons (Fsp3) is 0.529. The Bertz CT molecular complexity index is 604. The highest BCUT2D eigenvalue weighted by atomic mass is 19.4. The highest BCUT2D eigenvalue weighted by Crippen LogP contribution is 2.39. The molecule has 1 fully saturated rings. The molecule has 24 heavy (non-hydrogen) atoms. The van der Waals surface area contributed by atoms with Crippen molar-refractivity contribution in [3.05, 3.63) is 41.1 Å². The lowest BCUT2D eigenvalue weighted by molar-refractivity contribution is -0.146. The molecule has 1 atom stereocenters. The minimum absolute atomic E-state index is 0.135. The molecule has 1 unspecified atom stereocenters. The van der Waals surface area contributed by atoms with Gasteiger partial charge in [-0.1, -0.05) is 24.3 Å². The molecule has 1 saturated heterocycles. The zero-order valence-electron chi connectivity index (χ0n) is 14.4. The van der Waals surface area contributed by atoms with Crippen molar-refractivity contribution >= 4 is 13.2 Å². The number of halogens is 4. The fourth-order valence-corrected chi connectivity index (χ4v) is 2.25. The Morgan fingerprint density at radius 2 is 1.50 bits per heavy atom. The van der Waals surface area contributed by atoms with Gasteiger partial charge in [0.25, 0.3) is 0 Å². The van der Waals surface area contributed by atoms with Gasteiger partial charge in [0, 0.05) is 0 Å². The number of benzene rings is 1. The summed E-state index contributed by atoms with van der Waals surface area (Å²) >= 11 is 0. The first-order valence-electron chi connectivity index (χ1n) is 7.73. The maximum atomic E-state index is 14.4. The zero-order valence-corrected chi connectivity index (χ0v) is 14.4. The highest BCUT2D eigenvalue weighted by molar-refractivity contribution is 6.54. The van der Waals surface area contributed by atoms with Crippen LogP contribution in [0.1, 0.15) is 51.7 Å². The van der Waals surface area contributed by atoms with Crippen molar-refractivity contribution in [3.63, 3.8) is 0 Å². The minimum atomic E-state index is -4.30. The Morgan fingerprint density at radius 3 is 1.92 bits per heavy atom. The lowest BCUT2D eigenvalue weighted by atomic mass is 9.86. The fourth-order valence-electron chi connectivity index (χ4n) is 2.25. The van der Waals surface area contributed by atoms with Crippen LogP contribution >= 0.6 is 0 Å². The maximum Gasteiger partial charge on any atom is 0.525 e. The van der Waals surface area contributed by atoms with Gasteiger partial charge >= 0.3 is 13.3 Å². The molecule has 1 aliphatic heterocycles. The van der Waals surface area contributed by atoms with Crippen molar-refractivity contribution in [2.24, 2.45) is 0 Å². The molecular weight excluding hydrogens is 323 g/mol. The topological polar surface area (TPSA) is 18.5 Å². The van der Waals surface area contributed by atoms with Crippen LogP contribution in [0.15, 0.2) is 30.0 Å². The third-order valence-electron chi connectivity index (χ3n) is 4.71. The summed E-state index contributed by atoms with van der Waals surface area (Å²) in [5.41, 5.74) is -1.36. The van der Waals surface area contributed by atoms with E-state index in [2.05, 4.69) is 0 Å². The molecule has 132 valence electrons.